The molecule has 2 aliphatic rings. The Morgan fingerprint density at radius 1 is 0.977 bits per heavy atom. The molecule has 4 aromatic rings. The predicted molar refractivity (Wildman–Crippen MR) is 169 cm³/mol. The fourth-order valence-electron chi connectivity index (χ4n) is 5.73. The molecule has 1 saturated heterocycles. The molecule has 3 heterocycles. The lowest BCUT2D eigenvalue weighted by atomic mass is 9.88. The Kier molecular flexibility index (Phi) is 8.92. The van der Waals surface area contributed by atoms with E-state index in [1.54, 1.807) is 13.0 Å². The average molecular weight is 615 g/mol. The Hall–Kier alpha value is -4.25. The molecule has 0 spiro atoms. The van der Waals surface area contributed by atoms with Gasteiger partial charge in [0.2, 0.25) is 5.95 Å². The third-order valence-corrected chi connectivity index (χ3v) is 8.38. The van der Waals surface area contributed by atoms with Gasteiger partial charge < -0.3 is 25.2 Å². The maximum atomic E-state index is 11.3. The van der Waals surface area contributed by atoms with Crippen LogP contribution in [0.5, 0.6) is 5.75 Å². The average Bonchev–Trinajstić information content (AvgIpc) is 3.03. The molecule has 0 bridgehead atoms. The quantitative estimate of drug-likeness (QED) is 0.241. The zero-order valence-corrected chi connectivity index (χ0v) is 25.4. The summed E-state index contributed by atoms with van der Waals surface area (Å²) in [7, 11) is 0. The molecule has 10 nitrogen and oxygen atoms in total. The van der Waals surface area contributed by atoms with Crippen LogP contribution in [0.15, 0.2) is 54.6 Å². The number of aromatic nitrogens is 3. The molecular formula is C33H35ClN6O4. The van der Waals surface area contributed by atoms with E-state index in [0.29, 0.717) is 29.5 Å². The molecule has 0 radical (unpaired) electrons. The number of pyridine rings is 1. The van der Waals surface area contributed by atoms with Crippen LogP contribution in [-0.4, -0.2) is 70.3 Å². The van der Waals surface area contributed by atoms with Gasteiger partial charge in [0.25, 0.3) is 0 Å². The van der Waals surface area contributed by atoms with Crippen molar-refractivity contribution >= 4 is 29.3 Å². The maximum absolute atomic E-state index is 11.3. The number of nitrogen functional groups attached to an aromatic ring is 1. The molecule has 0 amide bonds. The molecule has 2 aromatic heterocycles. The molecule has 11 heteroatoms. The van der Waals surface area contributed by atoms with Crippen LogP contribution in [-0.2, 0) is 30.8 Å². The number of rotatable bonds is 10. The van der Waals surface area contributed by atoms with Crippen LogP contribution in [0.1, 0.15) is 38.4 Å². The molecular weight excluding hydrogens is 580 g/mol. The van der Waals surface area contributed by atoms with Gasteiger partial charge in [-0.05, 0) is 72.9 Å². The number of benzene rings is 2. The van der Waals surface area contributed by atoms with Crippen LogP contribution >= 0.6 is 11.6 Å². The van der Waals surface area contributed by atoms with Crippen molar-refractivity contribution in [3.8, 4) is 17.0 Å². The van der Waals surface area contributed by atoms with Gasteiger partial charge in [0, 0.05) is 48.9 Å². The van der Waals surface area contributed by atoms with E-state index in [2.05, 4.69) is 31.9 Å². The lowest BCUT2D eigenvalue weighted by molar-refractivity contribution is 0.0686. The Morgan fingerprint density at radius 3 is 2.55 bits per heavy atom. The molecule has 0 unspecified atom stereocenters. The third-order valence-electron chi connectivity index (χ3n) is 8.13. The van der Waals surface area contributed by atoms with E-state index >= 15 is 0 Å². The number of hydrogen-bond acceptors (Lipinski definition) is 9. The minimum absolute atomic E-state index is 0.0715. The summed E-state index contributed by atoms with van der Waals surface area (Å²) in [5.41, 5.74) is 13.0. The first kappa shape index (κ1) is 29.8. The number of aromatic carboxylic acids is 1. The highest BCUT2D eigenvalue weighted by Gasteiger charge is 2.27. The Balaban J connectivity index is 1.05. The van der Waals surface area contributed by atoms with Crippen LogP contribution in [0.25, 0.3) is 11.3 Å². The number of fused-ring (bicyclic) bond motifs is 3. The summed E-state index contributed by atoms with van der Waals surface area (Å²) in [5.74, 6) is 1.01. The number of hydrogen-bond donors (Lipinski definition) is 2. The van der Waals surface area contributed by atoms with E-state index in [9.17, 15) is 9.90 Å². The van der Waals surface area contributed by atoms with Crippen molar-refractivity contribution in [1.82, 2.24) is 19.9 Å². The summed E-state index contributed by atoms with van der Waals surface area (Å²) >= 11 is 6.00. The number of nitrogens with two attached hydrogens (primary N) is 1. The third kappa shape index (κ3) is 6.77. The van der Waals surface area contributed by atoms with Gasteiger partial charge in [0.05, 0.1) is 24.6 Å². The molecule has 3 N–H and O–H groups in total. The first-order valence-corrected chi connectivity index (χ1v) is 15.1. The minimum Gasteiger partial charge on any atom is -0.489 e. The standard InChI is InChI=1S/C33H35ClN6O4/c1-21-2-8-25(36-29(21)32(41)42)20-43-17-16-39-12-14-40(15-13-39)31-28-10-5-23-18-26(44-19-22-3-6-24(34)7-4-22)9-11-27(23)30(28)37-33(35)38-31/h2-4,6-9,11,18H,5,10,12-17,19-20H2,1H3,(H,41,42)(H2,35,37,38). The second kappa shape index (κ2) is 13.2. The highest BCUT2D eigenvalue weighted by Crippen LogP contribution is 2.38. The summed E-state index contributed by atoms with van der Waals surface area (Å²) in [6, 6.07) is 17.4. The number of aryl methyl sites for hydroxylation is 2. The summed E-state index contributed by atoms with van der Waals surface area (Å²) in [6.45, 7) is 7.22. The van der Waals surface area contributed by atoms with Crippen molar-refractivity contribution in [2.45, 2.75) is 33.0 Å². The topological polar surface area (TPSA) is 127 Å². The fourth-order valence-corrected chi connectivity index (χ4v) is 5.85. The van der Waals surface area contributed by atoms with Crippen molar-refractivity contribution < 1.29 is 19.4 Å². The number of halogens is 1. The summed E-state index contributed by atoms with van der Waals surface area (Å²) < 4.78 is 11.9. The first-order chi connectivity index (χ1) is 21.3. The van der Waals surface area contributed by atoms with Crippen molar-refractivity contribution in [2.75, 3.05) is 50.0 Å². The molecule has 0 atom stereocenters. The van der Waals surface area contributed by atoms with E-state index < -0.39 is 5.97 Å². The summed E-state index contributed by atoms with van der Waals surface area (Å²) in [6.07, 6.45) is 1.71. The maximum Gasteiger partial charge on any atom is 0.354 e. The van der Waals surface area contributed by atoms with Crippen LogP contribution in [0.3, 0.4) is 0 Å². The van der Waals surface area contributed by atoms with Crippen molar-refractivity contribution in [2.24, 2.45) is 0 Å². The van der Waals surface area contributed by atoms with Crippen LogP contribution in [0.2, 0.25) is 5.02 Å². The van der Waals surface area contributed by atoms with E-state index in [1.165, 1.54) is 5.56 Å². The predicted octanol–water partition coefficient (Wildman–Crippen LogP) is 4.80. The smallest absolute Gasteiger partial charge is 0.354 e. The number of anilines is 2. The van der Waals surface area contributed by atoms with Gasteiger partial charge in [-0.15, -0.1) is 0 Å². The highest BCUT2D eigenvalue weighted by molar-refractivity contribution is 6.30. The molecule has 1 aliphatic heterocycles. The number of piperazine rings is 1. The van der Waals surface area contributed by atoms with Gasteiger partial charge >= 0.3 is 5.97 Å². The normalized spacial score (nSPS) is 14.6. The van der Waals surface area contributed by atoms with Gasteiger partial charge in [-0.3, -0.25) is 4.90 Å². The minimum atomic E-state index is -1.02. The molecule has 0 saturated carbocycles. The van der Waals surface area contributed by atoms with E-state index in [0.717, 1.165) is 79.5 Å². The first-order valence-electron chi connectivity index (χ1n) is 14.8. The fraction of sp³-hybridized carbons (Fsp3) is 0.333. The van der Waals surface area contributed by atoms with Crippen LogP contribution in [0.4, 0.5) is 11.8 Å². The number of carboxylic acid groups (broad SMARTS) is 1. The summed E-state index contributed by atoms with van der Waals surface area (Å²) in [4.78, 5) is 29.6. The Bertz CT molecular complexity index is 1660. The van der Waals surface area contributed by atoms with Crippen molar-refractivity contribution in [3.63, 3.8) is 0 Å². The van der Waals surface area contributed by atoms with Gasteiger partial charge in [0.15, 0.2) is 5.69 Å². The van der Waals surface area contributed by atoms with Gasteiger partial charge in [0.1, 0.15) is 18.2 Å². The van der Waals surface area contributed by atoms with E-state index in [4.69, 9.17) is 31.8 Å². The largest absolute Gasteiger partial charge is 0.489 e. The van der Waals surface area contributed by atoms with Gasteiger partial charge in [-0.25, -0.2) is 14.8 Å². The molecule has 1 fully saturated rings. The Morgan fingerprint density at radius 2 is 1.77 bits per heavy atom. The monoisotopic (exact) mass is 614 g/mol. The molecule has 6 rings (SSSR count). The van der Waals surface area contributed by atoms with Gasteiger partial charge in [-0.2, -0.15) is 4.98 Å². The lowest BCUT2D eigenvalue weighted by Gasteiger charge is -2.37. The second-order valence-corrected chi connectivity index (χ2v) is 11.6. The molecule has 2 aromatic carbocycles. The highest BCUT2D eigenvalue weighted by atomic mass is 35.5. The second-order valence-electron chi connectivity index (χ2n) is 11.1. The Labute approximate surface area is 261 Å². The summed E-state index contributed by atoms with van der Waals surface area (Å²) in [5, 5.41) is 10.00. The van der Waals surface area contributed by atoms with Crippen LogP contribution < -0.4 is 15.4 Å². The number of ether oxygens (including phenoxy) is 2. The number of nitrogens with zero attached hydrogens (tertiary/aromatic N) is 5. The lowest BCUT2D eigenvalue weighted by Crippen LogP contribution is -2.48. The zero-order valence-electron chi connectivity index (χ0n) is 24.6. The number of carbonyl (C=O) groups is 1. The van der Waals surface area contributed by atoms with E-state index in [1.807, 2.05) is 36.4 Å². The zero-order chi connectivity index (χ0) is 30.6. The van der Waals surface area contributed by atoms with E-state index in [-0.39, 0.29) is 18.2 Å². The number of carboxylic acids is 1. The van der Waals surface area contributed by atoms with Crippen molar-refractivity contribution in [1.29, 1.82) is 0 Å². The van der Waals surface area contributed by atoms with Crippen LogP contribution in [0, 0.1) is 6.92 Å². The van der Waals surface area contributed by atoms with Gasteiger partial charge in [-0.1, -0.05) is 29.8 Å². The molecule has 1 aliphatic carbocycles. The molecule has 44 heavy (non-hydrogen) atoms. The molecule has 228 valence electrons. The SMILES string of the molecule is Cc1ccc(COCCN2CCN(c3nc(N)nc4c3CCc3cc(OCc5ccc(Cl)cc5)ccc3-4)CC2)nc1C(=O)O. The van der Waals surface area contributed by atoms with Crippen molar-refractivity contribution in [3.05, 3.63) is 93.3 Å².